The van der Waals surface area contributed by atoms with Gasteiger partial charge in [0.2, 0.25) is 5.91 Å². The van der Waals surface area contributed by atoms with Gasteiger partial charge >= 0.3 is 0 Å². The Labute approximate surface area is 93.4 Å². The molecule has 0 N–H and O–H groups in total. The highest BCUT2D eigenvalue weighted by molar-refractivity contribution is 7.09. The molecular weight excluding hydrogens is 208 g/mol. The summed E-state index contributed by atoms with van der Waals surface area (Å²) in [6, 6.07) is 0.167. The van der Waals surface area contributed by atoms with E-state index in [1.165, 1.54) is 6.08 Å². The molecule has 0 aliphatic carbocycles. The van der Waals surface area contributed by atoms with Crippen molar-refractivity contribution in [1.82, 2.24) is 9.88 Å². The van der Waals surface area contributed by atoms with E-state index < -0.39 is 0 Å². The Kier molecular flexibility index (Phi) is 2.86. The summed E-state index contributed by atoms with van der Waals surface area (Å²) >= 11 is 1.64. The molecule has 0 spiro atoms. The molecule has 1 fully saturated rings. The molecule has 1 aromatic rings. The maximum atomic E-state index is 11.6. The number of likely N-dealkylation sites (tertiary alicyclic amines) is 1. The van der Waals surface area contributed by atoms with Crippen molar-refractivity contribution in [3.63, 3.8) is 0 Å². The summed E-state index contributed by atoms with van der Waals surface area (Å²) in [6.07, 6.45) is 3.46. The Morgan fingerprint density at radius 1 is 1.80 bits per heavy atom. The van der Waals surface area contributed by atoms with Crippen LogP contribution in [0.2, 0.25) is 0 Å². The molecule has 80 valence electrons. The fourth-order valence-electron chi connectivity index (χ4n) is 1.99. The third-order valence-corrected chi connectivity index (χ3v) is 3.48. The molecule has 1 amide bonds. The van der Waals surface area contributed by atoms with E-state index in [2.05, 4.69) is 16.9 Å². The van der Waals surface area contributed by atoms with Crippen molar-refractivity contribution in [3.05, 3.63) is 28.7 Å². The first-order chi connectivity index (χ1) is 7.22. The van der Waals surface area contributed by atoms with Gasteiger partial charge in [0.1, 0.15) is 0 Å². The number of hydrogen-bond donors (Lipinski definition) is 0. The first-order valence-corrected chi connectivity index (χ1v) is 5.95. The second-order valence-corrected chi connectivity index (χ2v) is 4.75. The minimum Gasteiger partial charge on any atom is -0.331 e. The van der Waals surface area contributed by atoms with E-state index >= 15 is 0 Å². The zero-order chi connectivity index (χ0) is 10.8. The molecule has 0 aromatic carbocycles. The van der Waals surface area contributed by atoms with Crippen LogP contribution in [0.25, 0.3) is 0 Å². The van der Waals surface area contributed by atoms with Gasteiger partial charge in [0.25, 0.3) is 0 Å². The third-order valence-electron chi connectivity index (χ3n) is 2.69. The predicted molar refractivity (Wildman–Crippen MR) is 60.7 cm³/mol. The minimum absolute atomic E-state index is 0.0168. The van der Waals surface area contributed by atoms with E-state index in [0.717, 1.165) is 30.1 Å². The number of rotatable bonds is 2. The lowest BCUT2D eigenvalue weighted by Crippen LogP contribution is -2.28. The lowest BCUT2D eigenvalue weighted by molar-refractivity contribution is -0.126. The minimum atomic E-state index is 0.0168. The molecule has 1 atom stereocenters. The monoisotopic (exact) mass is 222 g/mol. The number of hydrogen-bond acceptors (Lipinski definition) is 3. The SMILES string of the molecule is C=CC(=O)N1CCCC1c1csc(C)n1. The summed E-state index contributed by atoms with van der Waals surface area (Å²) in [5.74, 6) is 0.0168. The van der Waals surface area contributed by atoms with Crippen LogP contribution in [-0.4, -0.2) is 22.3 Å². The standard InChI is InChI=1S/C11H14N2OS/c1-3-11(14)13-6-4-5-10(13)9-7-15-8(2)12-9/h3,7,10H,1,4-6H2,2H3. The molecule has 1 aliphatic rings. The fourth-order valence-corrected chi connectivity index (χ4v) is 2.65. The molecule has 4 heteroatoms. The van der Waals surface area contributed by atoms with E-state index in [1.54, 1.807) is 11.3 Å². The van der Waals surface area contributed by atoms with Crippen LogP contribution in [-0.2, 0) is 4.79 Å². The quantitative estimate of drug-likeness (QED) is 0.719. The molecule has 15 heavy (non-hydrogen) atoms. The molecule has 1 aromatic heterocycles. The first kappa shape index (κ1) is 10.4. The summed E-state index contributed by atoms with van der Waals surface area (Å²) < 4.78 is 0. The lowest BCUT2D eigenvalue weighted by atomic mass is 10.1. The van der Waals surface area contributed by atoms with E-state index in [4.69, 9.17) is 0 Å². The number of aromatic nitrogens is 1. The predicted octanol–water partition coefficient (Wildman–Crippen LogP) is 2.30. The summed E-state index contributed by atoms with van der Waals surface area (Å²) in [6.45, 7) is 6.34. The topological polar surface area (TPSA) is 33.2 Å². The van der Waals surface area contributed by atoms with Gasteiger partial charge in [-0.05, 0) is 25.8 Å². The summed E-state index contributed by atoms with van der Waals surface area (Å²) in [7, 11) is 0. The fraction of sp³-hybridized carbons (Fsp3) is 0.455. The number of thiazole rings is 1. The lowest BCUT2D eigenvalue weighted by Gasteiger charge is -2.21. The highest BCUT2D eigenvalue weighted by atomic mass is 32.1. The normalized spacial score (nSPS) is 20.6. The second-order valence-electron chi connectivity index (χ2n) is 3.69. The molecule has 1 aliphatic heterocycles. The van der Waals surface area contributed by atoms with E-state index in [0.29, 0.717) is 0 Å². The van der Waals surface area contributed by atoms with Gasteiger partial charge in [0, 0.05) is 11.9 Å². The Morgan fingerprint density at radius 2 is 2.60 bits per heavy atom. The largest absolute Gasteiger partial charge is 0.331 e. The van der Waals surface area contributed by atoms with E-state index in [9.17, 15) is 4.79 Å². The van der Waals surface area contributed by atoms with Crippen LogP contribution in [0, 0.1) is 6.92 Å². The molecule has 2 heterocycles. The molecule has 0 bridgehead atoms. The third kappa shape index (κ3) is 1.95. The number of carbonyl (C=O) groups excluding carboxylic acids is 1. The number of carbonyl (C=O) groups is 1. The van der Waals surface area contributed by atoms with Gasteiger partial charge in [-0.25, -0.2) is 4.98 Å². The van der Waals surface area contributed by atoms with E-state index in [-0.39, 0.29) is 11.9 Å². The van der Waals surface area contributed by atoms with Gasteiger partial charge < -0.3 is 4.90 Å². The molecule has 2 rings (SSSR count). The van der Waals surface area contributed by atoms with Gasteiger partial charge in [-0.3, -0.25) is 4.79 Å². The molecule has 0 saturated carbocycles. The van der Waals surface area contributed by atoms with Crippen molar-refractivity contribution in [2.45, 2.75) is 25.8 Å². The van der Waals surface area contributed by atoms with Crippen molar-refractivity contribution in [2.24, 2.45) is 0 Å². The van der Waals surface area contributed by atoms with Gasteiger partial charge in [-0.2, -0.15) is 0 Å². The Morgan fingerprint density at radius 3 is 3.20 bits per heavy atom. The van der Waals surface area contributed by atoms with Crippen LogP contribution in [0.15, 0.2) is 18.0 Å². The molecule has 0 radical (unpaired) electrons. The Bertz CT molecular complexity index is 386. The summed E-state index contributed by atoms with van der Waals surface area (Å²) in [5.41, 5.74) is 1.03. The Balaban J connectivity index is 2.21. The van der Waals surface area contributed by atoms with E-state index in [1.807, 2.05) is 11.8 Å². The van der Waals surface area contributed by atoms with Crippen molar-refractivity contribution in [3.8, 4) is 0 Å². The van der Waals surface area contributed by atoms with Crippen LogP contribution < -0.4 is 0 Å². The second kappa shape index (κ2) is 4.14. The average molecular weight is 222 g/mol. The first-order valence-electron chi connectivity index (χ1n) is 5.07. The highest BCUT2D eigenvalue weighted by Gasteiger charge is 2.29. The number of amides is 1. The van der Waals surface area contributed by atoms with Gasteiger partial charge in [0.05, 0.1) is 16.7 Å². The maximum absolute atomic E-state index is 11.6. The van der Waals surface area contributed by atoms with Gasteiger partial charge in [-0.1, -0.05) is 6.58 Å². The van der Waals surface area contributed by atoms with Crippen LogP contribution in [0.5, 0.6) is 0 Å². The zero-order valence-electron chi connectivity index (χ0n) is 8.77. The molecule has 1 unspecified atom stereocenters. The smallest absolute Gasteiger partial charge is 0.246 e. The maximum Gasteiger partial charge on any atom is 0.246 e. The van der Waals surface area contributed by atoms with Crippen LogP contribution in [0.4, 0.5) is 0 Å². The van der Waals surface area contributed by atoms with Crippen LogP contribution >= 0.6 is 11.3 Å². The van der Waals surface area contributed by atoms with Crippen molar-refractivity contribution in [2.75, 3.05) is 6.54 Å². The molecule has 1 saturated heterocycles. The molecular formula is C11H14N2OS. The molecule has 3 nitrogen and oxygen atoms in total. The highest BCUT2D eigenvalue weighted by Crippen LogP contribution is 2.32. The number of aryl methyl sites for hydroxylation is 1. The zero-order valence-corrected chi connectivity index (χ0v) is 9.59. The van der Waals surface area contributed by atoms with Crippen molar-refractivity contribution >= 4 is 17.2 Å². The van der Waals surface area contributed by atoms with Crippen molar-refractivity contribution in [1.29, 1.82) is 0 Å². The van der Waals surface area contributed by atoms with Crippen molar-refractivity contribution < 1.29 is 4.79 Å². The van der Waals surface area contributed by atoms with Crippen LogP contribution in [0.3, 0.4) is 0 Å². The summed E-state index contributed by atoms with van der Waals surface area (Å²) in [4.78, 5) is 17.9. The van der Waals surface area contributed by atoms with Crippen LogP contribution in [0.1, 0.15) is 29.6 Å². The summed E-state index contributed by atoms with van der Waals surface area (Å²) in [5, 5.41) is 3.11. The number of nitrogens with zero attached hydrogens (tertiary/aromatic N) is 2. The van der Waals surface area contributed by atoms with Gasteiger partial charge in [0.15, 0.2) is 0 Å². The average Bonchev–Trinajstić information content (AvgIpc) is 2.84. The van der Waals surface area contributed by atoms with Gasteiger partial charge in [-0.15, -0.1) is 11.3 Å². The Hall–Kier alpha value is -1.16.